The average molecular weight is 255 g/mol. The van der Waals surface area contributed by atoms with E-state index in [1.54, 1.807) is 0 Å². The molecule has 0 unspecified atom stereocenters. The number of carbonyl (C=O) groups excluding carboxylic acids is 1. The normalized spacial score (nSPS) is 19.9. The van der Waals surface area contributed by atoms with Crippen LogP contribution in [0, 0.1) is 5.41 Å². The van der Waals surface area contributed by atoms with E-state index in [0.29, 0.717) is 6.54 Å². The van der Waals surface area contributed by atoms with Gasteiger partial charge in [0.2, 0.25) is 5.91 Å². The number of nitrogens with one attached hydrogen (secondary N) is 2. The molecule has 4 heteroatoms. The molecule has 0 aromatic heterocycles. The van der Waals surface area contributed by atoms with Crippen LogP contribution < -0.4 is 10.6 Å². The Bertz CT molecular complexity index is 281. The molecular weight excluding hydrogens is 226 g/mol. The van der Waals surface area contributed by atoms with Gasteiger partial charge < -0.3 is 15.5 Å². The van der Waals surface area contributed by atoms with Crippen molar-refractivity contribution < 1.29 is 4.79 Å². The Kier molecular flexibility index (Phi) is 5.17. The lowest BCUT2D eigenvalue weighted by atomic mass is 9.75. The molecule has 2 N–H and O–H groups in total. The third-order valence-corrected chi connectivity index (χ3v) is 4.61. The highest BCUT2D eigenvalue weighted by Gasteiger charge is 2.38. The monoisotopic (exact) mass is 255 g/mol. The van der Waals surface area contributed by atoms with E-state index in [2.05, 4.69) is 36.3 Å². The molecule has 18 heavy (non-hydrogen) atoms. The van der Waals surface area contributed by atoms with Gasteiger partial charge in [-0.05, 0) is 60.3 Å². The summed E-state index contributed by atoms with van der Waals surface area (Å²) in [6, 6.07) is 0. The van der Waals surface area contributed by atoms with E-state index >= 15 is 0 Å². The first-order valence-electron chi connectivity index (χ1n) is 7.00. The summed E-state index contributed by atoms with van der Waals surface area (Å²) in [4.78, 5) is 14.6. The van der Waals surface area contributed by atoms with Crippen LogP contribution in [0.4, 0.5) is 0 Å². The van der Waals surface area contributed by atoms with Crippen molar-refractivity contribution in [1.29, 1.82) is 0 Å². The van der Waals surface area contributed by atoms with Gasteiger partial charge in [0.15, 0.2) is 0 Å². The lowest BCUT2D eigenvalue weighted by Gasteiger charge is -2.38. The lowest BCUT2D eigenvalue weighted by Crippen LogP contribution is -2.53. The van der Waals surface area contributed by atoms with E-state index < -0.39 is 0 Å². The third-order valence-electron chi connectivity index (χ3n) is 4.61. The molecule has 0 aromatic carbocycles. The highest BCUT2D eigenvalue weighted by atomic mass is 16.2. The predicted molar refractivity (Wildman–Crippen MR) is 75.6 cm³/mol. The van der Waals surface area contributed by atoms with Crippen LogP contribution in [0.15, 0.2) is 0 Å². The number of piperidine rings is 1. The van der Waals surface area contributed by atoms with Gasteiger partial charge >= 0.3 is 0 Å². The number of likely N-dealkylation sites (N-methyl/N-ethyl adjacent to an activating group) is 1. The molecule has 0 spiro atoms. The molecule has 1 amide bonds. The minimum Gasteiger partial charge on any atom is -0.354 e. The van der Waals surface area contributed by atoms with Crippen molar-refractivity contribution in [2.75, 3.05) is 33.7 Å². The van der Waals surface area contributed by atoms with Crippen molar-refractivity contribution in [2.24, 2.45) is 5.41 Å². The minimum absolute atomic E-state index is 0.00247. The topological polar surface area (TPSA) is 44.4 Å². The van der Waals surface area contributed by atoms with Crippen LogP contribution in [0.1, 0.15) is 40.0 Å². The molecule has 0 atom stereocenters. The summed E-state index contributed by atoms with van der Waals surface area (Å²) in [5.74, 6) is 0.237. The van der Waals surface area contributed by atoms with Crippen LogP contribution in [-0.2, 0) is 4.79 Å². The molecule has 0 aliphatic carbocycles. The van der Waals surface area contributed by atoms with E-state index in [1.165, 1.54) is 0 Å². The minimum atomic E-state index is -0.145. The highest BCUT2D eigenvalue weighted by molar-refractivity contribution is 5.82. The summed E-state index contributed by atoms with van der Waals surface area (Å²) in [6.45, 7) is 9.04. The van der Waals surface area contributed by atoms with Crippen LogP contribution in [0.3, 0.4) is 0 Å². The first kappa shape index (κ1) is 15.4. The molecule has 0 aromatic rings. The average Bonchev–Trinajstić information content (AvgIpc) is 2.36. The highest BCUT2D eigenvalue weighted by Crippen LogP contribution is 2.32. The van der Waals surface area contributed by atoms with Crippen molar-refractivity contribution in [1.82, 2.24) is 15.5 Å². The summed E-state index contributed by atoms with van der Waals surface area (Å²) >= 11 is 0. The fraction of sp³-hybridized carbons (Fsp3) is 0.929. The molecule has 1 heterocycles. The van der Waals surface area contributed by atoms with Crippen LogP contribution in [-0.4, -0.2) is 50.1 Å². The van der Waals surface area contributed by atoms with Crippen LogP contribution >= 0.6 is 0 Å². The van der Waals surface area contributed by atoms with Gasteiger partial charge in [-0.1, -0.05) is 6.92 Å². The zero-order valence-electron chi connectivity index (χ0n) is 12.6. The van der Waals surface area contributed by atoms with E-state index in [9.17, 15) is 4.79 Å². The van der Waals surface area contributed by atoms with Crippen LogP contribution in [0.25, 0.3) is 0 Å². The molecule has 1 saturated heterocycles. The second kappa shape index (κ2) is 6.02. The molecule has 1 rings (SSSR count). The van der Waals surface area contributed by atoms with Gasteiger partial charge in [0.25, 0.3) is 0 Å². The van der Waals surface area contributed by atoms with Crippen molar-refractivity contribution in [3.63, 3.8) is 0 Å². The summed E-state index contributed by atoms with van der Waals surface area (Å²) in [5, 5.41) is 6.49. The Morgan fingerprint density at radius 2 is 1.89 bits per heavy atom. The van der Waals surface area contributed by atoms with Crippen molar-refractivity contribution in [3.05, 3.63) is 0 Å². The Labute approximate surface area is 111 Å². The summed E-state index contributed by atoms with van der Waals surface area (Å²) in [5.41, 5.74) is -0.148. The summed E-state index contributed by atoms with van der Waals surface area (Å²) < 4.78 is 0. The SMILES string of the molecule is CCC1(C(=O)NCC(C)(C)N(C)C)CCNCC1. The van der Waals surface area contributed by atoms with Gasteiger partial charge in [-0.3, -0.25) is 4.79 Å². The Morgan fingerprint density at radius 1 is 1.33 bits per heavy atom. The van der Waals surface area contributed by atoms with E-state index in [-0.39, 0.29) is 16.9 Å². The first-order chi connectivity index (χ1) is 8.34. The van der Waals surface area contributed by atoms with Crippen molar-refractivity contribution in [3.8, 4) is 0 Å². The van der Waals surface area contributed by atoms with Crippen molar-refractivity contribution >= 4 is 5.91 Å². The van der Waals surface area contributed by atoms with E-state index in [1.807, 2.05) is 14.1 Å². The van der Waals surface area contributed by atoms with Gasteiger partial charge in [-0.15, -0.1) is 0 Å². The Morgan fingerprint density at radius 3 is 2.33 bits per heavy atom. The fourth-order valence-electron chi connectivity index (χ4n) is 2.29. The number of hydrogen-bond donors (Lipinski definition) is 2. The fourth-order valence-corrected chi connectivity index (χ4v) is 2.29. The van der Waals surface area contributed by atoms with Gasteiger partial charge in [0, 0.05) is 12.1 Å². The maximum atomic E-state index is 12.5. The maximum Gasteiger partial charge on any atom is 0.226 e. The molecular formula is C14H29N3O. The van der Waals surface area contributed by atoms with Gasteiger partial charge in [0.1, 0.15) is 0 Å². The van der Waals surface area contributed by atoms with Crippen LogP contribution in [0.5, 0.6) is 0 Å². The largest absolute Gasteiger partial charge is 0.354 e. The second-order valence-electron chi connectivity index (χ2n) is 6.27. The molecule has 0 bridgehead atoms. The van der Waals surface area contributed by atoms with E-state index in [0.717, 1.165) is 32.4 Å². The molecule has 4 nitrogen and oxygen atoms in total. The van der Waals surface area contributed by atoms with E-state index in [4.69, 9.17) is 0 Å². The molecule has 0 saturated carbocycles. The van der Waals surface area contributed by atoms with Gasteiger partial charge in [-0.2, -0.15) is 0 Å². The number of carbonyl (C=O) groups is 1. The zero-order valence-corrected chi connectivity index (χ0v) is 12.6. The van der Waals surface area contributed by atoms with Gasteiger partial charge in [-0.25, -0.2) is 0 Å². The Balaban J connectivity index is 2.58. The molecule has 1 fully saturated rings. The smallest absolute Gasteiger partial charge is 0.226 e. The molecule has 1 aliphatic heterocycles. The summed E-state index contributed by atoms with van der Waals surface area (Å²) in [6.07, 6.45) is 2.85. The maximum absolute atomic E-state index is 12.5. The van der Waals surface area contributed by atoms with Gasteiger partial charge in [0.05, 0.1) is 5.41 Å². The standard InChI is InChI=1S/C14H29N3O/c1-6-14(7-9-15-10-8-14)12(18)16-11-13(2,3)17(4)5/h15H,6-11H2,1-5H3,(H,16,18). The number of rotatable bonds is 5. The number of nitrogens with zero attached hydrogens (tertiary/aromatic N) is 1. The number of amides is 1. The lowest BCUT2D eigenvalue weighted by molar-refractivity contribution is -0.133. The Hall–Kier alpha value is -0.610. The quantitative estimate of drug-likeness (QED) is 0.776. The second-order valence-corrected chi connectivity index (χ2v) is 6.27. The molecule has 1 aliphatic rings. The first-order valence-corrected chi connectivity index (χ1v) is 7.00. The number of hydrogen-bond acceptors (Lipinski definition) is 3. The van der Waals surface area contributed by atoms with Crippen molar-refractivity contribution in [2.45, 2.75) is 45.6 Å². The molecule has 0 radical (unpaired) electrons. The van der Waals surface area contributed by atoms with Crippen LogP contribution in [0.2, 0.25) is 0 Å². The zero-order chi connectivity index (χ0) is 13.8. The third kappa shape index (κ3) is 3.45. The summed E-state index contributed by atoms with van der Waals surface area (Å²) in [7, 11) is 4.10. The predicted octanol–water partition coefficient (Wildman–Crippen LogP) is 1.22. The molecule has 106 valence electrons.